The zero-order valence-electron chi connectivity index (χ0n) is 5.10. The first-order chi connectivity index (χ1) is 4.79. The van der Waals surface area contributed by atoms with Crippen molar-refractivity contribution in [2.24, 2.45) is 0 Å². The Kier molecular flexibility index (Phi) is 1.93. The van der Waals surface area contributed by atoms with Gasteiger partial charge in [0.05, 0.1) is 0 Å². The minimum absolute atomic E-state index is 0.0644. The van der Waals surface area contributed by atoms with Crippen LogP contribution in [0.2, 0.25) is 0 Å². The quantitative estimate of drug-likeness (QED) is 0.477. The van der Waals surface area contributed by atoms with Crippen molar-refractivity contribution in [1.82, 2.24) is 20.2 Å². The number of nitrogens with zero attached hydrogens (tertiary/aromatic N) is 4. The van der Waals surface area contributed by atoms with Crippen LogP contribution in [0.4, 0.5) is 0 Å². The van der Waals surface area contributed by atoms with Crippen molar-refractivity contribution in [2.75, 3.05) is 0 Å². The van der Waals surface area contributed by atoms with Gasteiger partial charge in [-0.15, -0.1) is 5.10 Å². The van der Waals surface area contributed by atoms with Gasteiger partial charge < -0.3 is 9.90 Å². The summed E-state index contributed by atoms with van der Waals surface area (Å²) in [6, 6.07) is 0. The maximum atomic E-state index is 9.90. The van der Waals surface area contributed by atoms with E-state index in [-0.39, 0.29) is 13.0 Å². The topological polar surface area (TPSA) is 83.7 Å². The average Bonchev–Trinajstić information content (AvgIpc) is 2.34. The lowest BCUT2D eigenvalue weighted by molar-refractivity contribution is -0.306. The number of aromatic nitrogens is 4. The molecule has 10 heavy (non-hydrogen) atoms. The van der Waals surface area contributed by atoms with Crippen molar-refractivity contribution in [1.29, 1.82) is 0 Å². The number of aryl methyl sites for hydroxylation is 1. The van der Waals surface area contributed by atoms with Gasteiger partial charge in [-0.05, 0) is 10.4 Å². The highest BCUT2D eigenvalue weighted by atomic mass is 16.4. The highest BCUT2D eigenvalue weighted by Gasteiger charge is 1.90. The number of rotatable bonds is 3. The number of hydrogen-bond acceptors (Lipinski definition) is 5. The molecular formula is C4H5N4O2-. The van der Waals surface area contributed by atoms with E-state index < -0.39 is 5.97 Å². The lowest BCUT2D eigenvalue weighted by atomic mass is 10.4. The van der Waals surface area contributed by atoms with Gasteiger partial charge in [0, 0.05) is 18.9 Å². The number of carboxylic acid groups (broad SMARTS) is 1. The van der Waals surface area contributed by atoms with Gasteiger partial charge in [-0.1, -0.05) is 0 Å². The molecule has 0 bridgehead atoms. The van der Waals surface area contributed by atoms with Gasteiger partial charge in [0.1, 0.15) is 6.33 Å². The molecule has 6 heteroatoms. The van der Waals surface area contributed by atoms with E-state index in [1.54, 1.807) is 0 Å². The van der Waals surface area contributed by atoms with Crippen molar-refractivity contribution in [3.8, 4) is 0 Å². The normalized spacial score (nSPS) is 9.60. The molecule has 0 saturated heterocycles. The van der Waals surface area contributed by atoms with Crippen LogP contribution in [0, 0.1) is 0 Å². The SMILES string of the molecule is O=C([O-])CCn1cnnn1. The average molecular weight is 141 g/mol. The van der Waals surface area contributed by atoms with Crippen LogP contribution in [0.25, 0.3) is 0 Å². The minimum atomic E-state index is -1.10. The van der Waals surface area contributed by atoms with E-state index in [2.05, 4.69) is 15.5 Å². The highest BCUT2D eigenvalue weighted by molar-refractivity contribution is 5.63. The van der Waals surface area contributed by atoms with Crippen molar-refractivity contribution in [3.05, 3.63) is 6.33 Å². The van der Waals surface area contributed by atoms with Crippen molar-refractivity contribution >= 4 is 5.97 Å². The fourth-order valence-electron chi connectivity index (χ4n) is 0.489. The van der Waals surface area contributed by atoms with Crippen LogP contribution in [0.15, 0.2) is 6.33 Å². The summed E-state index contributed by atoms with van der Waals surface area (Å²) in [7, 11) is 0. The van der Waals surface area contributed by atoms with E-state index in [1.165, 1.54) is 11.0 Å². The molecule has 1 rings (SSSR count). The molecular weight excluding hydrogens is 136 g/mol. The van der Waals surface area contributed by atoms with E-state index in [9.17, 15) is 9.90 Å². The Morgan fingerprint density at radius 1 is 1.70 bits per heavy atom. The molecule has 1 aromatic rings. The van der Waals surface area contributed by atoms with Crippen LogP contribution < -0.4 is 5.11 Å². The summed E-state index contributed by atoms with van der Waals surface area (Å²) in [6.07, 6.45) is 1.29. The molecule has 54 valence electrons. The Morgan fingerprint density at radius 2 is 2.50 bits per heavy atom. The fourth-order valence-corrected chi connectivity index (χ4v) is 0.489. The van der Waals surface area contributed by atoms with Gasteiger partial charge in [-0.3, -0.25) is 0 Å². The van der Waals surface area contributed by atoms with Crippen LogP contribution in [-0.4, -0.2) is 26.2 Å². The molecule has 0 N–H and O–H groups in total. The molecule has 0 atom stereocenters. The zero-order chi connectivity index (χ0) is 7.40. The van der Waals surface area contributed by atoms with Crippen LogP contribution in [0.3, 0.4) is 0 Å². The Labute approximate surface area is 56.5 Å². The van der Waals surface area contributed by atoms with Gasteiger partial charge in [0.15, 0.2) is 0 Å². The summed E-state index contributed by atoms with van der Waals surface area (Å²) in [5.41, 5.74) is 0. The predicted octanol–water partition coefficient (Wildman–Crippen LogP) is -2.19. The number of tetrazole rings is 1. The van der Waals surface area contributed by atoms with Gasteiger partial charge in [0.25, 0.3) is 0 Å². The molecule has 0 saturated carbocycles. The molecule has 0 fully saturated rings. The van der Waals surface area contributed by atoms with Crippen LogP contribution in [0.1, 0.15) is 6.42 Å². The van der Waals surface area contributed by atoms with E-state index >= 15 is 0 Å². The van der Waals surface area contributed by atoms with Crippen molar-refractivity contribution in [3.63, 3.8) is 0 Å². The molecule has 0 radical (unpaired) electrons. The van der Waals surface area contributed by atoms with Crippen LogP contribution >= 0.6 is 0 Å². The monoisotopic (exact) mass is 141 g/mol. The summed E-state index contributed by atoms with van der Waals surface area (Å²) >= 11 is 0. The second-order valence-corrected chi connectivity index (χ2v) is 1.69. The molecule has 1 aromatic heterocycles. The van der Waals surface area contributed by atoms with Crippen LogP contribution in [-0.2, 0) is 11.3 Å². The Balaban J connectivity index is 2.35. The third-order valence-electron chi connectivity index (χ3n) is 0.936. The Morgan fingerprint density at radius 3 is 3.00 bits per heavy atom. The molecule has 0 aliphatic carbocycles. The maximum absolute atomic E-state index is 9.90. The summed E-state index contributed by atoms with van der Waals surface area (Å²) < 4.78 is 1.33. The minimum Gasteiger partial charge on any atom is -0.550 e. The summed E-state index contributed by atoms with van der Waals surface area (Å²) in [4.78, 5) is 9.90. The number of aliphatic carboxylic acids is 1. The summed E-state index contributed by atoms with van der Waals surface area (Å²) in [5.74, 6) is -1.10. The first-order valence-electron chi connectivity index (χ1n) is 2.69. The molecule has 0 unspecified atom stereocenters. The fraction of sp³-hybridized carbons (Fsp3) is 0.500. The lowest BCUT2D eigenvalue weighted by Crippen LogP contribution is -2.23. The molecule has 0 aromatic carbocycles. The van der Waals surface area contributed by atoms with Gasteiger partial charge in [0.2, 0.25) is 0 Å². The highest BCUT2D eigenvalue weighted by Crippen LogP contribution is 1.82. The number of hydrogen-bond donors (Lipinski definition) is 0. The van der Waals surface area contributed by atoms with Gasteiger partial charge in [-0.2, -0.15) is 0 Å². The number of carbonyl (C=O) groups is 1. The second kappa shape index (κ2) is 2.90. The smallest absolute Gasteiger partial charge is 0.138 e. The molecule has 6 nitrogen and oxygen atoms in total. The first-order valence-corrected chi connectivity index (χ1v) is 2.69. The lowest BCUT2D eigenvalue weighted by Gasteiger charge is -1.98. The first kappa shape index (κ1) is 6.66. The van der Waals surface area contributed by atoms with Crippen molar-refractivity contribution in [2.45, 2.75) is 13.0 Å². The molecule has 0 aliphatic rings. The van der Waals surface area contributed by atoms with E-state index in [0.29, 0.717) is 0 Å². The van der Waals surface area contributed by atoms with E-state index in [1.807, 2.05) is 0 Å². The second-order valence-electron chi connectivity index (χ2n) is 1.69. The molecule has 1 heterocycles. The standard InChI is InChI=1S/C4H6N4O2/c9-4(10)1-2-8-3-5-6-7-8/h3H,1-2H2,(H,9,10)/p-1. The van der Waals surface area contributed by atoms with E-state index in [0.717, 1.165) is 0 Å². The Bertz CT molecular complexity index is 207. The molecule has 0 amide bonds. The molecule has 0 spiro atoms. The third-order valence-corrected chi connectivity index (χ3v) is 0.936. The summed E-state index contributed by atoms with van der Waals surface area (Å²) in [5, 5.41) is 20.0. The van der Waals surface area contributed by atoms with Gasteiger partial charge >= 0.3 is 0 Å². The number of carbonyl (C=O) groups excluding carboxylic acids is 1. The summed E-state index contributed by atoms with van der Waals surface area (Å²) in [6.45, 7) is 0.259. The largest absolute Gasteiger partial charge is 0.550 e. The number of carboxylic acids is 1. The Hall–Kier alpha value is -1.46. The molecule has 0 aliphatic heterocycles. The van der Waals surface area contributed by atoms with Crippen molar-refractivity contribution < 1.29 is 9.90 Å². The third kappa shape index (κ3) is 1.81. The van der Waals surface area contributed by atoms with E-state index in [4.69, 9.17) is 0 Å². The van der Waals surface area contributed by atoms with Crippen LogP contribution in [0.5, 0.6) is 0 Å². The zero-order valence-corrected chi connectivity index (χ0v) is 5.10. The van der Waals surface area contributed by atoms with Gasteiger partial charge in [-0.25, -0.2) is 4.68 Å². The maximum Gasteiger partial charge on any atom is 0.138 e. The predicted molar refractivity (Wildman–Crippen MR) is 27.4 cm³/mol.